The number of nitrogens with zero attached hydrogens (tertiary/aromatic N) is 2. The molecule has 0 saturated heterocycles. The maximum atomic E-state index is 5.39. The summed E-state index contributed by atoms with van der Waals surface area (Å²) in [6.45, 7) is 8.69. The van der Waals surface area contributed by atoms with E-state index in [4.69, 9.17) is 11.5 Å². The molecule has 7 aromatic rings. The van der Waals surface area contributed by atoms with Crippen LogP contribution in [0.5, 0.6) is 0 Å². The van der Waals surface area contributed by atoms with Crippen LogP contribution in [-0.2, 0) is 0 Å². The van der Waals surface area contributed by atoms with Gasteiger partial charge in [0.05, 0.1) is 22.9 Å². The Balaban J connectivity index is 0.000000230. The van der Waals surface area contributed by atoms with Gasteiger partial charge in [0.2, 0.25) is 0 Å². The summed E-state index contributed by atoms with van der Waals surface area (Å²) in [6, 6.07) is 54.1. The van der Waals surface area contributed by atoms with E-state index in [1.54, 1.807) is 0 Å². The van der Waals surface area contributed by atoms with Gasteiger partial charge < -0.3 is 26.7 Å². The van der Waals surface area contributed by atoms with Crippen molar-refractivity contribution < 1.29 is 0 Å². The molecule has 0 radical (unpaired) electrons. The fourth-order valence-electron chi connectivity index (χ4n) is 6.04. The Morgan fingerprint density at radius 1 is 0.569 bits per heavy atom. The molecular weight excluding hydrogens is 623 g/mol. The smallest absolute Gasteiger partial charge is 0.0784 e. The second-order valence-electron chi connectivity index (χ2n) is 12.1. The molecule has 51 heavy (non-hydrogen) atoms. The molecule has 8 rings (SSSR count). The van der Waals surface area contributed by atoms with Crippen LogP contribution in [0.2, 0.25) is 0 Å². The second kappa shape index (κ2) is 17.6. The average Bonchev–Trinajstić information content (AvgIpc) is 3.50. The number of anilines is 2. The first-order valence-electron chi connectivity index (χ1n) is 17.1. The highest BCUT2D eigenvalue weighted by molar-refractivity contribution is 6.11. The van der Waals surface area contributed by atoms with Crippen LogP contribution in [0, 0.1) is 13.8 Å². The van der Waals surface area contributed by atoms with E-state index in [9.17, 15) is 0 Å². The van der Waals surface area contributed by atoms with E-state index < -0.39 is 0 Å². The number of para-hydroxylation sites is 3. The standard InChI is InChI=1S/C31H24N2.C7H10N2.C7H8.CH5N/c1-22-10-9-11-24(20-22)32-19-18-25(21-23(2)26-12-3-6-15-29(26)32)33-30-16-7-4-13-27(30)28-14-5-8-17-31(28)33;8-7(9)6-4-2-1-3-5-6;1-7-5-3-2-4-6-7;1-2/h3-21H,2H2,1H3;1-5,7H,8-9H2;2-6H,1H3;2H2,1H3/b19-18-,25-21+;;;. The quantitative estimate of drug-likeness (QED) is 0.163. The lowest BCUT2D eigenvalue weighted by atomic mass is 10.0. The molecule has 6 N–H and O–H groups in total. The van der Waals surface area contributed by atoms with Gasteiger partial charge in [-0.3, -0.25) is 0 Å². The van der Waals surface area contributed by atoms with Crippen LogP contribution in [0.25, 0.3) is 33.1 Å². The largest absolute Gasteiger partial charge is 0.333 e. The van der Waals surface area contributed by atoms with Crippen LogP contribution >= 0.6 is 0 Å². The summed E-state index contributed by atoms with van der Waals surface area (Å²) in [5.41, 5.74) is 26.7. The molecule has 256 valence electrons. The Hall–Kier alpha value is -5.98. The Labute approximate surface area is 302 Å². The van der Waals surface area contributed by atoms with Crippen molar-refractivity contribution in [1.82, 2.24) is 4.57 Å². The third-order valence-electron chi connectivity index (χ3n) is 8.47. The van der Waals surface area contributed by atoms with E-state index in [1.807, 2.05) is 48.5 Å². The van der Waals surface area contributed by atoms with E-state index in [-0.39, 0.29) is 6.17 Å². The fraction of sp³-hybridized carbons (Fsp3) is 0.0870. The van der Waals surface area contributed by atoms with Crippen molar-refractivity contribution in [3.05, 3.63) is 205 Å². The summed E-state index contributed by atoms with van der Waals surface area (Å²) in [5, 5.41) is 2.51. The van der Waals surface area contributed by atoms with E-state index in [1.165, 1.54) is 40.0 Å². The van der Waals surface area contributed by atoms with Crippen molar-refractivity contribution in [2.24, 2.45) is 17.2 Å². The van der Waals surface area contributed by atoms with Crippen LogP contribution in [0.15, 0.2) is 183 Å². The lowest BCUT2D eigenvalue weighted by Crippen LogP contribution is -2.19. The molecule has 1 aliphatic rings. The van der Waals surface area contributed by atoms with E-state index >= 15 is 0 Å². The molecule has 0 amide bonds. The van der Waals surface area contributed by atoms with Crippen molar-refractivity contribution in [3.63, 3.8) is 0 Å². The number of hydrogen-bond acceptors (Lipinski definition) is 4. The van der Waals surface area contributed by atoms with Gasteiger partial charge in [-0.2, -0.15) is 0 Å². The minimum atomic E-state index is -0.341. The maximum absolute atomic E-state index is 5.39. The highest BCUT2D eigenvalue weighted by Crippen LogP contribution is 2.38. The molecule has 2 heterocycles. The molecule has 0 fully saturated rings. The third-order valence-corrected chi connectivity index (χ3v) is 8.47. The Morgan fingerprint density at radius 3 is 1.65 bits per heavy atom. The number of nitrogens with two attached hydrogens (primary N) is 3. The van der Waals surface area contributed by atoms with E-state index in [2.05, 4.69) is 163 Å². The number of fused-ring (bicyclic) bond motifs is 4. The number of aryl methyl sites for hydroxylation is 2. The molecule has 1 aromatic heterocycles. The van der Waals surface area contributed by atoms with Crippen molar-refractivity contribution in [2.75, 3.05) is 11.9 Å². The van der Waals surface area contributed by atoms with Gasteiger partial charge in [-0.25, -0.2) is 0 Å². The zero-order chi connectivity index (χ0) is 36.2. The highest BCUT2D eigenvalue weighted by Gasteiger charge is 2.18. The van der Waals surface area contributed by atoms with Crippen LogP contribution in [0.4, 0.5) is 11.4 Å². The molecule has 6 aromatic carbocycles. The van der Waals surface area contributed by atoms with Crippen molar-refractivity contribution in [3.8, 4) is 0 Å². The molecule has 0 saturated carbocycles. The van der Waals surface area contributed by atoms with Gasteiger partial charge in [0.25, 0.3) is 0 Å². The van der Waals surface area contributed by atoms with Crippen molar-refractivity contribution in [1.29, 1.82) is 0 Å². The summed E-state index contributed by atoms with van der Waals surface area (Å²) < 4.78 is 2.34. The molecule has 0 spiro atoms. The molecular formula is C46H47N5. The monoisotopic (exact) mass is 669 g/mol. The molecule has 5 nitrogen and oxygen atoms in total. The first-order valence-corrected chi connectivity index (χ1v) is 17.1. The summed E-state index contributed by atoms with van der Waals surface area (Å²) in [7, 11) is 1.50. The summed E-state index contributed by atoms with van der Waals surface area (Å²) in [6.07, 6.45) is 6.23. The van der Waals surface area contributed by atoms with E-state index in [0.717, 1.165) is 33.8 Å². The van der Waals surface area contributed by atoms with Gasteiger partial charge in [-0.05, 0) is 80.1 Å². The molecule has 0 bridgehead atoms. The summed E-state index contributed by atoms with van der Waals surface area (Å²) in [5.74, 6) is 0. The molecule has 0 atom stereocenters. The minimum absolute atomic E-state index is 0.341. The average molecular weight is 670 g/mol. The SMILES string of the molecule is C=C1/C=C(n2c3ccccc3c3ccccc32)\C=C/N(c2cccc(C)c2)c2ccccc21.CN.Cc1ccccc1.NC(N)c1ccccc1. The van der Waals surface area contributed by atoms with Crippen molar-refractivity contribution >= 4 is 44.5 Å². The summed E-state index contributed by atoms with van der Waals surface area (Å²) in [4.78, 5) is 2.26. The lowest BCUT2D eigenvalue weighted by molar-refractivity contribution is 0.774. The van der Waals surface area contributed by atoms with Gasteiger partial charge in [0.1, 0.15) is 0 Å². The van der Waals surface area contributed by atoms with Gasteiger partial charge in [0.15, 0.2) is 0 Å². The fourth-order valence-corrected chi connectivity index (χ4v) is 6.04. The van der Waals surface area contributed by atoms with Crippen LogP contribution in [0.1, 0.15) is 28.4 Å². The van der Waals surface area contributed by atoms with Gasteiger partial charge in [-0.15, -0.1) is 0 Å². The molecule has 1 aliphatic heterocycles. The summed E-state index contributed by atoms with van der Waals surface area (Å²) >= 11 is 0. The van der Waals surface area contributed by atoms with Gasteiger partial charge >= 0.3 is 0 Å². The Bertz CT molecular complexity index is 2190. The first kappa shape index (κ1) is 36.3. The Morgan fingerprint density at radius 2 is 1.10 bits per heavy atom. The van der Waals surface area contributed by atoms with Crippen LogP contribution in [0.3, 0.4) is 0 Å². The molecule has 0 aliphatic carbocycles. The number of rotatable bonds is 3. The Kier molecular flexibility index (Phi) is 12.5. The lowest BCUT2D eigenvalue weighted by Gasteiger charge is -2.26. The number of allylic oxidation sites excluding steroid dienone is 4. The normalized spacial score (nSPS) is 13.6. The van der Waals surface area contributed by atoms with E-state index in [0.29, 0.717) is 0 Å². The van der Waals surface area contributed by atoms with Crippen LogP contribution in [-0.4, -0.2) is 11.6 Å². The maximum Gasteiger partial charge on any atom is 0.0784 e. The second-order valence-corrected chi connectivity index (χ2v) is 12.1. The van der Waals surface area contributed by atoms with Gasteiger partial charge in [0, 0.05) is 33.9 Å². The number of hydrogen-bond donors (Lipinski definition) is 3. The predicted octanol–water partition coefficient (Wildman–Crippen LogP) is 10.5. The first-order chi connectivity index (χ1) is 24.9. The topological polar surface area (TPSA) is 86.2 Å². The van der Waals surface area contributed by atoms with Gasteiger partial charge in [-0.1, -0.05) is 140 Å². The van der Waals surface area contributed by atoms with Crippen molar-refractivity contribution in [2.45, 2.75) is 20.0 Å². The third kappa shape index (κ3) is 8.79. The minimum Gasteiger partial charge on any atom is -0.333 e. The zero-order valence-electron chi connectivity index (χ0n) is 29.7. The number of benzene rings is 6. The zero-order valence-corrected chi connectivity index (χ0v) is 29.7. The number of aromatic nitrogens is 1. The highest BCUT2D eigenvalue weighted by atomic mass is 15.1. The predicted molar refractivity (Wildman–Crippen MR) is 220 cm³/mol. The molecule has 0 unspecified atom stereocenters. The van der Waals surface area contributed by atoms with Crippen LogP contribution < -0.4 is 22.1 Å². The molecule has 5 heteroatoms.